The number of aromatic nitrogens is 1. The monoisotopic (exact) mass is 309 g/mol. The second-order valence-corrected chi connectivity index (χ2v) is 6.23. The van der Waals surface area contributed by atoms with Crippen molar-refractivity contribution >= 4 is 40.2 Å². The molecule has 2 rings (SSSR count). The van der Waals surface area contributed by atoms with Gasteiger partial charge in [0.05, 0.1) is 5.52 Å². The third-order valence-electron chi connectivity index (χ3n) is 3.09. The molecule has 5 heteroatoms. The highest BCUT2D eigenvalue weighted by Gasteiger charge is 2.16. The maximum atomic E-state index is 11.0. The second kappa shape index (κ2) is 6.46. The van der Waals surface area contributed by atoms with Crippen LogP contribution >= 0.6 is 23.4 Å². The first-order chi connectivity index (χ1) is 9.51. The topological polar surface area (TPSA) is 50.2 Å². The summed E-state index contributed by atoms with van der Waals surface area (Å²) >= 11 is 7.57. The number of hydrogen-bond acceptors (Lipinski definition) is 3. The molecule has 0 fully saturated rings. The molecule has 0 spiro atoms. The number of nitrogens with zero attached hydrogens (tertiary/aromatic N) is 1. The molecule has 3 nitrogen and oxygen atoms in total. The van der Waals surface area contributed by atoms with Gasteiger partial charge in [-0.15, -0.1) is 11.8 Å². The molecule has 0 saturated heterocycles. The molecular formula is C15H16ClNO2S. The van der Waals surface area contributed by atoms with Gasteiger partial charge in [-0.3, -0.25) is 4.79 Å². The molecule has 106 valence electrons. The molecule has 0 aliphatic rings. The lowest BCUT2D eigenvalue weighted by molar-refractivity contribution is -0.136. The molecule has 0 radical (unpaired) electrons. The minimum absolute atomic E-state index is 0.403. The Labute approximate surface area is 127 Å². The van der Waals surface area contributed by atoms with Gasteiger partial charge in [-0.05, 0) is 31.0 Å². The summed E-state index contributed by atoms with van der Waals surface area (Å²) in [5.41, 5.74) is 2.89. The van der Waals surface area contributed by atoms with Crippen molar-refractivity contribution in [2.75, 3.05) is 0 Å². The summed E-state index contributed by atoms with van der Waals surface area (Å²) in [4.78, 5) is 15.4. The predicted molar refractivity (Wildman–Crippen MR) is 84.5 cm³/mol. The molecule has 0 amide bonds. The SMILES string of the molecule is CCC(SCc1cc2ccc(C)cc2nc1Cl)C(=O)O. The summed E-state index contributed by atoms with van der Waals surface area (Å²) in [7, 11) is 0. The standard InChI is InChI=1S/C15H16ClNO2S/c1-3-13(15(18)19)20-8-11-7-10-5-4-9(2)6-12(10)17-14(11)16/h4-7,13H,3,8H2,1-2H3,(H,18,19). The lowest BCUT2D eigenvalue weighted by Crippen LogP contribution is -2.15. The summed E-state index contributed by atoms with van der Waals surface area (Å²) in [5.74, 6) is -0.224. The number of aryl methyl sites for hydroxylation is 1. The van der Waals surface area contributed by atoms with E-state index in [0.717, 1.165) is 22.0 Å². The van der Waals surface area contributed by atoms with E-state index in [1.165, 1.54) is 11.8 Å². The predicted octanol–water partition coefficient (Wildman–Crippen LogP) is 4.29. The van der Waals surface area contributed by atoms with Crippen LogP contribution in [0.25, 0.3) is 10.9 Å². The van der Waals surface area contributed by atoms with E-state index in [4.69, 9.17) is 16.7 Å². The van der Waals surface area contributed by atoms with Crippen molar-refractivity contribution in [3.63, 3.8) is 0 Å². The number of benzene rings is 1. The number of hydrogen-bond donors (Lipinski definition) is 1. The van der Waals surface area contributed by atoms with Gasteiger partial charge in [0.2, 0.25) is 0 Å². The molecule has 0 aliphatic heterocycles. The third kappa shape index (κ3) is 3.44. The molecule has 20 heavy (non-hydrogen) atoms. The zero-order chi connectivity index (χ0) is 14.7. The minimum atomic E-state index is -0.780. The van der Waals surface area contributed by atoms with Crippen LogP contribution in [0.4, 0.5) is 0 Å². The van der Waals surface area contributed by atoms with E-state index in [9.17, 15) is 4.79 Å². The van der Waals surface area contributed by atoms with Crippen molar-refractivity contribution < 1.29 is 9.90 Å². The fraction of sp³-hybridized carbons (Fsp3) is 0.333. The summed E-state index contributed by atoms with van der Waals surface area (Å²) in [6, 6.07) is 8.02. The molecule has 1 aromatic heterocycles. The average molecular weight is 310 g/mol. The van der Waals surface area contributed by atoms with E-state index in [1.807, 2.05) is 38.1 Å². The number of rotatable bonds is 5. The lowest BCUT2D eigenvalue weighted by atomic mass is 10.1. The van der Waals surface area contributed by atoms with Gasteiger partial charge < -0.3 is 5.11 Å². The van der Waals surface area contributed by atoms with E-state index in [2.05, 4.69) is 4.98 Å². The Balaban J connectivity index is 2.24. The molecule has 0 saturated carbocycles. The summed E-state index contributed by atoms with van der Waals surface area (Å²) in [6.07, 6.45) is 0.595. The normalized spacial score (nSPS) is 12.6. The number of halogens is 1. The molecule has 2 aromatic rings. The highest BCUT2D eigenvalue weighted by Crippen LogP contribution is 2.27. The average Bonchev–Trinajstić information content (AvgIpc) is 2.39. The molecule has 1 atom stereocenters. The number of fused-ring (bicyclic) bond motifs is 1. The Morgan fingerprint density at radius 1 is 1.45 bits per heavy atom. The van der Waals surface area contributed by atoms with Gasteiger partial charge in [-0.25, -0.2) is 4.98 Å². The van der Waals surface area contributed by atoms with Gasteiger partial charge in [0.25, 0.3) is 0 Å². The van der Waals surface area contributed by atoms with Crippen molar-refractivity contribution in [1.29, 1.82) is 0 Å². The van der Waals surface area contributed by atoms with Crippen LogP contribution in [-0.2, 0) is 10.5 Å². The first kappa shape index (κ1) is 15.1. The Bertz CT molecular complexity index is 645. The molecule has 1 aromatic carbocycles. The molecule has 0 aliphatic carbocycles. The fourth-order valence-corrected chi connectivity index (χ4v) is 3.22. The smallest absolute Gasteiger partial charge is 0.316 e. The molecule has 0 bridgehead atoms. The Morgan fingerprint density at radius 3 is 2.85 bits per heavy atom. The van der Waals surface area contributed by atoms with Crippen molar-refractivity contribution in [1.82, 2.24) is 4.98 Å². The van der Waals surface area contributed by atoms with Gasteiger partial charge >= 0.3 is 5.97 Å². The molecule has 1 N–H and O–H groups in total. The van der Waals surface area contributed by atoms with Crippen LogP contribution in [0.5, 0.6) is 0 Å². The number of carbonyl (C=O) groups is 1. The maximum Gasteiger partial charge on any atom is 0.316 e. The molecule has 1 heterocycles. The van der Waals surface area contributed by atoms with Crippen molar-refractivity contribution in [2.45, 2.75) is 31.3 Å². The first-order valence-corrected chi connectivity index (χ1v) is 7.84. The molecule has 1 unspecified atom stereocenters. The van der Waals surface area contributed by atoms with E-state index >= 15 is 0 Å². The van der Waals surface area contributed by atoms with Crippen molar-refractivity contribution in [2.24, 2.45) is 0 Å². The highest BCUT2D eigenvalue weighted by molar-refractivity contribution is 7.99. The van der Waals surface area contributed by atoms with Crippen LogP contribution in [0.2, 0.25) is 5.15 Å². The number of aliphatic carboxylic acids is 1. The zero-order valence-electron chi connectivity index (χ0n) is 11.4. The third-order valence-corrected chi connectivity index (χ3v) is 4.83. The van der Waals surface area contributed by atoms with E-state index in [0.29, 0.717) is 17.3 Å². The number of carboxylic acids is 1. The quantitative estimate of drug-likeness (QED) is 0.837. The largest absolute Gasteiger partial charge is 0.480 e. The van der Waals surface area contributed by atoms with Crippen LogP contribution in [-0.4, -0.2) is 21.3 Å². The lowest BCUT2D eigenvalue weighted by Gasteiger charge is -2.11. The summed E-state index contributed by atoms with van der Waals surface area (Å²) in [5, 5.41) is 10.1. The second-order valence-electron chi connectivity index (χ2n) is 4.68. The number of carboxylic acid groups (broad SMARTS) is 1. The van der Waals surface area contributed by atoms with Gasteiger partial charge in [0.15, 0.2) is 0 Å². The summed E-state index contributed by atoms with van der Waals surface area (Å²) < 4.78 is 0. The van der Waals surface area contributed by atoms with Crippen LogP contribution in [0.1, 0.15) is 24.5 Å². The number of thioether (sulfide) groups is 1. The maximum absolute atomic E-state index is 11.0. The van der Waals surface area contributed by atoms with Crippen LogP contribution in [0.15, 0.2) is 24.3 Å². The van der Waals surface area contributed by atoms with Crippen molar-refractivity contribution in [3.05, 3.63) is 40.5 Å². The zero-order valence-corrected chi connectivity index (χ0v) is 13.0. The van der Waals surface area contributed by atoms with Crippen LogP contribution in [0.3, 0.4) is 0 Å². The Morgan fingerprint density at radius 2 is 2.20 bits per heavy atom. The van der Waals surface area contributed by atoms with E-state index in [-0.39, 0.29) is 0 Å². The van der Waals surface area contributed by atoms with E-state index in [1.54, 1.807) is 0 Å². The van der Waals surface area contributed by atoms with E-state index < -0.39 is 11.2 Å². The van der Waals surface area contributed by atoms with Gasteiger partial charge in [-0.1, -0.05) is 30.7 Å². The Hall–Kier alpha value is -1.26. The van der Waals surface area contributed by atoms with Gasteiger partial charge in [-0.2, -0.15) is 0 Å². The summed E-state index contributed by atoms with van der Waals surface area (Å²) in [6.45, 7) is 3.88. The highest BCUT2D eigenvalue weighted by atomic mass is 35.5. The van der Waals surface area contributed by atoms with Gasteiger partial charge in [0, 0.05) is 16.7 Å². The van der Waals surface area contributed by atoms with Crippen LogP contribution in [0, 0.1) is 6.92 Å². The first-order valence-electron chi connectivity index (χ1n) is 6.41. The fourth-order valence-electron chi connectivity index (χ4n) is 1.95. The van der Waals surface area contributed by atoms with Gasteiger partial charge in [0.1, 0.15) is 10.4 Å². The number of pyridine rings is 1. The molecular weight excluding hydrogens is 294 g/mol. The minimum Gasteiger partial charge on any atom is -0.480 e. The van der Waals surface area contributed by atoms with Crippen molar-refractivity contribution in [3.8, 4) is 0 Å². The Kier molecular flexibility index (Phi) is 4.89. The van der Waals surface area contributed by atoms with Crippen LogP contribution < -0.4 is 0 Å².